The Bertz CT molecular complexity index is 1010. The molecule has 3 aromatic heterocycles. The van der Waals surface area contributed by atoms with Gasteiger partial charge in [-0.3, -0.25) is 14.8 Å². The fraction of sp³-hybridized carbons (Fsp3) is 0.211. The average molecular weight is 381 g/mol. The van der Waals surface area contributed by atoms with Gasteiger partial charge in [-0.15, -0.1) is 0 Å². The summed E-state index contributed by atoms with van der Waals surface area (Å²) in [6.07, 6.45) is 8.07. The Morgan fingerprint density at radius 3 is 2.85 bits per heavy atom. The lowest BCUT2D eigenvalue weighted by Crippen LogP contribution is -2.23. The smallest absolute Gasteiger partial charge is 0.227 e. The van der Waals surface area contributed by atoms with Crippen molar-refractivity contribution in [3.8, 4) is 11.3 Å². The number of carbonyl (C=O) groups excluding carboxylic acids is 1. The minimum Gasteiger partial charge on any atom is -0.323 e. The zero-order valence-electron chi connectivity index (χ0n) is 14.7. The van der Waals surface area contributed by atoms with Crippen molar-refractivity contribution in [1.29, 1.82) is 0 Å². The van der Waals surface area contributed by atoms with E-state index in [1.54, 1.807) is 29.7 Å². The maximum atomic E-state index is 11.9. The number of rotatable bonds is 4. The molecular weight excluding hydrogens is 364 g/mol. The third-order valence-electron chi connectivity index (χ3n) is 4.28. The topological polar surface area (TPSA) is 83.9 Å². The summed E-state index contributed by atoms with van der Waals surface area (Å²) in [5.41, 5.74) is 3.84. The molecule has 1 N–H and O–H groups in total. The van der Waals surface area contributed by atoms with Crippen molar-refractivity contribution in [3.05, 3.63) is 53.7 Å². The highest BCUT2D eigenvalue weighted by Crippen LogP contribution is 2.28. The second-order valence-corrected chi connectivity index (χ2v) is 6.69. The van der Waals surface area contributed by atoms with Gasteiger partial charge in [-0.05, 0) is 31.5 Å². The number of aryl methyl sites for hydroxylation is 1. The number of nitrogens with one attached hydrogen (secondary N) is 1. The molecular formula is C19H17ClN6O. The van der Waals surface area contributed by atoms with Crippen molar-refractivity contribution in [2.75, 3.05) is 16.8 Å². The third-order valence-corrected chi connectivity index (χ3v) is 4.56. The predicted molar refractivity (Wildman–Crippen MR) is 104 cm³/mol. The van der Waals surface area contributed by atoms with Crippen molar-refractivity contribution in [3.63, 3.8) is 0 Å². The normalized spacial score (nSPS) is 13.9. The Balaban J connectivity index is 1.62. The van der Waals surface area contributed by atoms with Gasteiger partial charge in [0.15, 0.2) is 0 Å². The van der Waals surface area contributed by atoms with E-state index < -0.39 is 0 Å². The number of amides is 1. The van der Waals surface area contributed by atoms with Gasteiger partial charge in [0, 0.05) is 30.4 Å². The summed E-state index contributed by atoms with van der Waals surface area (Å²) in [4.78, 5) is 30.9. The van der Waals surface area contributed by atoms with E-state index in [4.69, 9.17) is 11.6 Å². The van der Waals surface area contributed by atoms with Crippen LogP contribution in [0.5, 0.6) is 0 Å². The molecule has 0 bridgehead atoms. The van der Waals surface area contributed by atoms with Crippen LogP contribution in [-0.4, -0.2) is 32.4 Å². The fourth-order valence-corrected chi connectivity index (χ4v) is 3.22. The molecule has 1 aliphatic heterocycles. The van der Waals surface area contributed by atoms with Gasteiger partial charge >= 0.3 is 0 Å². The second kappa shape index (κ2) is 7.28. The fourth-order valence-electron chi connectivity index (χ4n) is 3.02. The minimum absolute atomic E-state index is 0.118. The minimum atomic E-state index is 0.118. The first-order chi connectivity index (χ1) is 13.1. The van der Waals surface area contributed by atoms with Crippen LogP contribution in [0, 0.1) is 6.92 Å². The van der Waals surface area contributed by atoms with E-state index in [2.05, 4.69) is 25.3 Å². The number of halogens is 1. The lowest BCUT2D eigenvalue weighted by atomic mass is 10.1. The zero-order chi connectivity index (χ0) is 18.8. The van der Waals surface area contributed by atoms with Gasteiger partial charge in [0.05, 0.1) is 40.7 Å². The molecule has 1 fully saturated rings. The highest BCUT2D eigenvalue weighted by Gasteiger charge is 2.22. The molecule has 136 valence electrons. The Morgan fingerprint density at radius 1 is 1.19 bits per heavy atom. The molecule has 0 aliphatic carbocycles. The van der Waals surface area contributed by atoms with Crippen LogP contribution >= 0.6 is 11.6 Å². The molecule has 27 heavy (non-hydrogen) atoms. The van der Waals surface area contributed by atoms with Crippen molar-refractivity contribution in [1.82, 2.24) is 19.9 Å². The van der Waals surface area contributed by atoms with E-state index in [9.17, 15) is 4.79 Å². The summed E-state index contributed by atoms with van der Waals surface area (Å²) >= 11 is 6.28. The molecule has 8 heteroatoms. The quantitative estimate of drug-likeness (QED) is 0.741. The van der Waals surface area contributed by atoms with Crippen LogP contribution in [0.2, 0.25) is 5.02 Å². The molecule has 1 amide bonds. The lowest BCUT2D eigenvalue weighted by molar-refractivity contribution is -0.117. The van der Waals surface area contributed by atoms with Crippen LogP contribution in [0.1, 0.15) is 18.5 Å². The highest BCUT2D eigenvalue weighted by molar-refractivity contribution is 6.32. The van der Waals surface area contributed by atoms with E-state index in [1.165, 1.54) is 0 Å². The van der Waals surface area contributed by atoms with Crippen LogP contribution in [0.4, 0.5) is 17.3 Å². The van der Waals surface area contributed by atoms with Crippen LogP contribution in [0.25, 0.3) is 11.3 Å². The summed E-state index contributed by atoms with van der Waals surface area (Å²) in [5, 5.41) is 3.60. The van der Waals surface area contributed by atoms with Crippen LogP contribution in [0.3, 0.4) is 0 Å². The monoisotopic (exact) mass is 380 g/mol. The SMILES string of the molecule is Cc1cc(-c2nc(Nc3cncc(N4CCCC4=O)c3)ncc2Cl)ccn1. The van der Waals surface area contributed by atoms with Crippen molar-refractivity contribution in [2.45, 2.75) is 19.8 Å². The number of pyridine rings is 2. The van der Waals surface area contributed by atoms with E-state index in [1.807, 2.05) is 25.1 Å². The van der Waals surface area contributed by atoms with Crippen molar-refractivity contribution in [2.24, 2.45) is 0 Å². The van der Waals surface area contributed by atoms with Gasteiger partial charge in [0.1, 0.15) is 0 Å². The van der Waals surface area contributed by atoms with Gasteiger partial charge in [-0.2, -0.15) is 0 Å². The molecule has 3 aromatic rings. The molecule has 1 aliphatic rings. The summed E-state index contributed by atoms with van der Waals surface area (Å²) in [5.74, 6) is 0.516. The number of anilines is 3. The van der Waals surface area contributed by atoms with Crippen molar-refractivity contribution < 1.29 is 4.79 Å². The first-order valence-corrected chi connectivity index (χ1v) is 8.96. The third kappa shape index (κ3) is 3.73. The van der Waals surface area contributed by atoms with Crippen LogP contribution in [-0.2, 0) is 4.79 Å². The average Bonchev–Trinajstić information content (AvgIpc) is 3.09. The lowest BCUT2D eigenvalue weighted by Gasteiger charge is -2.16. The number of hydrogen-bond donors (Lipinski definition) is 1. The Hall–Kier alpha value is -3.06. The number of aromatic nitrogens is 4. The molecule has 0 unspecified atom stereocenters. The van der Waals surface area contributed by atoms with Crippen LogP contribution in [0.15, 0.2) is 43.0 Å². The maximum Gasteiger partial charge on any atom is 0.227 e. The molecule has 4 heterocycles. The molecule has 0 spiro atoms. The van der Waals surface area contributed by atoms with Crippen molar-refractivity contribution >= 4 is 34.8 Å². The summed E-state index contributed by atoms with van der Waals surface area (Å²) in [6.45, 7) is 2.63. The zero-order valence-corrected chi connectivity index (χ0v) is 15.4. The summed E-state index contributed by atoms with van der Waals surface area (Å²) in [7, 11) is 0. The summed E-state index contributed by atoms with van der Waals surface area (Å²) < 4.78 is 0. The highest BCUT2D eigenvalue weighted by atomic mass is 35.5. The first-order valence-electron chi connectivity index (χ1n) is 8.58. The van der Waals surface area contributed by atoms with Gasteiger partial charge in [0.25, 0.3) is 0 Å². The molecule has 0 aromatic carbocycles. The van der Waals surface area contributed by atoms with Gasteiger partial charge in [-0.1, -0.05) is 11.6 Å². The summed E-state index contributed by atoms with van der Waals surface area (Å²) in [6, 6.07) is 5.63. The largest absolute Gasteiger partial charge is 0.323 e. The standard InChI is InChI=1S/C19H17ClN6O/c1-12-7-13(4-5-22-12)18-16(20)11-23-19(25-18)24-14-8-15(10-21-9-14)26-6-2-3-17(26)27/h4-5,7-11H,2-3,6H2,1H3,(H,23,24,25). The second-order valence-electron chi connectivity index (χ2n) is 6.28. The maximum absolute atomic E-state index is 11.9. The van der Waals surface area contributed by atoms with Crippen LogP contribution < -0.4 is 10.2 Å². The van der Waals surface area contributed by atoms with Gasteiger partial charge in [0.2, 0.25) is 11.9 Å². The number of hydrogen-bond acceptors (Lipinski definition) is 6. The van der Waals surface area contributed by atoms with E-state index in [0.717, 1.165) is 23.4 Å². The molecule has 0 radical (unpaired) electrons. The molecule has 4 rings (SSSR count). The van der Waals surface area contributed by atoms with Gasteiger partial charge < -0.3 is 10.2 Å². The number of carbonyl (C=O) groups is 1. The number of nitrogens with zero attached hydrogens (tertiary/aromatic N) is 5. The molecule has 0 atom stereocenters. The predicted octanol–water partition coefficient (Wildman–Crippen LogP) is 3.77. The first kappa shape index (κ1) is 17.4. The Kier molecular flexibility index (Phi) is 4.68. The molecule has 7 nitrogen and oxygen atoms in total. The van der Waals surface area contributed by atoms with Gasteiger partial charge in [-0.25, -0.2) is 9.97 Å². The van der Waals surface area contributed by atoms with E-state index >= 15 is 0 Å². The van der Waals surface area contributed by atoms with E-state index in [-0.39, 0.29) is 5.91 Å². The Labute approximate surface area is 161 Å². The molecule has 1 saturated heterocycles. The Morgan fingerprint density at radius 2 is 2.07 bits per heavy atom. The van der Waals surface area contributed by atoms with E-state index in [0.29, 0.717) is 35.3 Å². The molecule has 0 saturated carbocycles.